The zero-order valence-electron chi connectivity index (χ0n) is 12.8. The molecule has 0 amide bonds. The molecule has 1 saturated heterocycles. The maximum Gasteiger partial charge on any atom is 0.142 e. The van der Waals surface area contributed by atoms with Gasteiger partial charge < -0.3 is 4.57 Å². The standard InChI is InChI=1S/C17H21ClFN3/c1-13-20-6-9-22(13)12-14-4-7-21(8-5-14)11-15-2-3-16(18)17(19)10-15/h2-3,6,9-10,14H,4-5,7-8,11-12H2,1H3. The molecule has 1 aliphatic rings. The molecule has 1 aromatic heterocycles. The number of likely N-dealkylation sites (tertiary alicyclic amines) is 1. The average molecular weight is 322 g/mol. The first-order valence-corrected chi connectivity index (χ1v) is 8.13. The van der Waals surface area contributed by atoms with Gasteiger partial charge in [-0.1, -0.05) is 17.7 Å². The Kier molecular flexibility index (Phi) is 4.79. The molecule has 2 aromatic rings. The SMILES string of the molecule is Cc1nccn1CC1CCN(Cc2ccc(Cl)c(F)c2)CC1. The van der Waals surface area contributed by atoms with Crippen molar-refractivity contribution in [3.63, 3.8) is 0 Å². The highest BCUT2D eigenvalue weighted by atomic mass is 35.5. The van der Waals surface area contributed by atoms with Crippen molar-refractivity contribution in [1.29, 1.82) is 0 Å². The highest BCUT2D eigenvalue weighted by Gasteiger charge is 2.20. The third-order valence-electron chi connectivity index (χ3n) is 4.48. The van der Waals surface area contributed by atoms with E-state index in [-0.39, 0.29) is 10.8 Å². The average Bonchev–Trinajstić information content (AvgIpc) is 2.90. The monoisotopic (exact) mass is 321 g/mol. The molecule has 1 fully saturated rings. The minimum Gasteiger partial charge on any atom is -0.335 e. The van der Waals surface area contributed by atoms with E-state index in [1.807, 2.05) is 19.2 Å². The van der Waals surface area contributed by atoms with E-state index in [0.717, 1.165) is 37.6 Å². The van der Waals surface area contributed by atoms with Crippen molar-refractivity contribution in [2.24, 2.45) is 5.92 Å². The molecule has 0 saturated carbocycles. The molecule has 0 radical (unpaired) electrons. The van der Waals surface area contributed by atoms with E-state index in [1.54, 1.807) is 12.1 Å². The molecule has 0 bridgehead atoms. The summed E-state index contributed by atoms with van der Waals surface area (Å²) >= 11 is 5.73. The summed E-state index contributed by atoms with van der Waals surface area (Å²) in [6.45, 7) is 6.01. The van der Waals surface area contributed by atoms with Gasteiger partial charge in [0.15, 0.2) is 0 Å². The number of halogens is 2. The molecule has 3 rings (SSSR count). The van der Waals surface area contributed by atoms with Crippen LogP contribution in [0.2, 0.25) is 5.02 Å². The largest absolute Gasteiger partial charge is 0.335 e. The fraction of sp³-hybridized carbons (Fsp3) is 0.471. The Morgan fingerprint density at radius 2 is 2.09 bits per heavy atom. The van der Waals surface area contributed by atoms with Gasteiger partial charge in [0, 0.05) is 25.5 Å². The molecule has 22 heavy (non-hydrogen) atoms. The highest BCUT2D eigenvalue weighted by Crippen LogP contribution is 2.22. The van der Waals surface area contributed by atoms with Crippen molar-refractivity contribution >= 4 is 11.6 Å². The molecule has 1 aromatic carbocycles. The van der Waals surface area contributed by atoms with Crippen LogP contribution >= 0.6 is 11.6 Å². The van der Waals surface area contributed by atoms with Gasteiger partial charge in [-0.25, -0.2) is 9.37 Å². The van der Waals surface area contributed by atoms with Gasteiger partial charge in [0.25, 0.3) is 0 Å². The predicted octanol–water partition coefficient (Wildman–Crippen LogP) is 3.90. The molecule has 5 heteroatoms. The van der Waals surface area contributed by atoms with Crippen molar-refractivity contribution in [3.8, 4) is 0 Å². The Morgan fingerprint density at radius 1 is 1.32 bits per heavy atom. The van der Waals surface area contributed by atoms with E-state index < -0.39 is 0 Å². The lowest BCUT2D eigenvalue weighted by atomic mass is 9.96. The lowest BCUT2D eigenvalue weighted by Crippen LogP contribution is -2.34. The molecule has 118 valence electrons. The molecule has 0 unspecified atom stereocenters. The molecule has 0 N–H and O–H groups in total. The minimum atomic E-state index is -0.329. The normalized spacial score (nSPS) is 17.0. The van der Waals surface area contributed by atoms with E-state index in [9.17, 15) is 4.39 Å². The second kappa shape index (κ2) is 6.80. The number of benzene rings is 1. The Balaban J connectivity index is 1.51. The quantitative estimate of drug-likeness (QED) is 0.851. The zero-order chi connectivity index (χ0) is 15.5. The van der Waals surface area contributed by atoms with Crippen LogP contribution in [0.1, 0.15) is 24.2 Å². The van der Waals surface area contributed by atoms with Crippen LogP contribution in [0.4, 0.5) is 4.39 Å². The van der Waals surface area contributed by atoms with Crippen LogP contribution in [0.5, 0.6) is 0 Å². The van der Waals surface area contributed by atoms with E-state index in [1.165, 1.54) is 12.8 Å². The van der Waals surface area contributed by atoms with E-state index in [2.05, 4.69) is 20.6 Å². The first-order chi connectivity index (χ1) is 10.6. The molecule has 0 atom stereocenters. The molecule has 0 aliphatic carbocycles. The maximum atomic E-state index is 13.5. The van der Waals surface area contributed by atoms with Gasteiger partial charge in [0.2, 0.25) is 0 Å². The Morgan fingerprint density at radius 3 is 2.73 bits per heavy atom. The molecule has 1 aliphatic heterocycles. The summed E-state index contributed by atoms with van der Waals surface area (Å²) in [6.07, 6.45) is 6.26. The third kappa shape index (κ3) is 3.68. The zero-order valence-corrected chi connectivity index (χ0v) is 13.6. The first kappa shape index (κ1) is 15.5. The predicted molar refractivity (Wildman–Crippen MR) is 86.4 cm³/mol. The van der Waals surface area contributed by atoms with Crippen LogP contribution in [0, 0.1) is 18.7 Å². The summed E-state index contributed by atoms with van der Waals surface area (Å²) in [4.78, 5) is 6.66. The highest BCUT2D eigenvalue weighted by molar-refractivity contribution is 6.30. The second-order valence-corrected chi connectivity index (χ2v) is 6.50. The Hall–Kier alpha value is -1.39. The molecular weight excluding hydrogens is 301 g/mol. The van der Waals surface area contributed by atoms with Gasteiger partial charge in [-0.2, -0.15) is 0 Å². The summed E-state index contributed by atoms with van der Waals surface area (Å²) in [6, 6.07) is 5.09. The van der Waals surface area contributed by atoms with Crippen molar-refractivity contribution < 1.29 is 4.39 Å². The lowest BCUT2D eigenvalue weighted by molar-refractivity contribution is 0.166. The van der Waals surface area contributed by atoms with Crippen LogP contribution in [-0.2, 0) is 13.1 Å². The van der Waals surface area contributed by atoms with Crippen LogP contribution < -0.4 is 0 Å². The first-order valence-electron chi connectivity index (χ1n) is 7.76. The van der Waals surface area contributed by atoms with Gasteiger partial charge >= 0.3 is 0 Å². The minimum absolute atomic E-state index is 0.193. The molecule has 3 nitrogen and oxygen atoms in total. The number of piperidine rings is 1. The summed E-state index contributed by atoms with van der Waals surface area (Å²) in [5.41, 5.74) is 0.991. The number of rotatable bonds is 4. The summed E-state index contributed by atoms with van der Waals surface area (Å²) in [5.74, 6) is 1.45. The summed E-state index contributed by atoms with van der Waals surface area (Å²) < 4.78 is 15.7. The van der Waals surface area contributed by atoms with Gasteiger partial charge in [-0.05, 0) is 56.5 Å². The Labute approximate surface area is 135 Å². The second-order valence-electron chi connectivity index (χ2n) is 6.09. The fourth-order valence-corrected chi connectivity index (χ4v) is 3.22. The number of nitrogens with zero attached hydrogens (tertiary/aromatic N) is 3. The number of hydrogen-bond acceptors (Lipinski definition) is 2. The summed E-state index contributed by atoms with van der Waals surface area (Å²) in [5, 5.41) is 0.193. The number of aryl methyl sites for hydroxylation is 1. The van der Waals surface area contributed by atoms with Crippen molar-refractivity contribution in [3.05, 3.63) is 52.8 Å². The van der Waals surface area contributed by atoms with Crippen LogP contribution in [0.15, 0.2) is 30.6 Å². The molecular formula is C17H21ClFN3. The lowest BCUT2D eigenvalue weighted by Gasteiger charge is -2.32. The van der Waals surface area contributed by atoms with Crippen LogP contribution in [0.3, 0.4) is 0 Å². The van der Waals surface area contributed by atoms with E-state index >= 15 is 0 Å². The smallest absolute Gasteiger partial charge is 0.142 e. The fourth-order valence-electron chi connectivity index (χ4n) is 3.10. The van der Waals surface area contributed by atoms with Gasteiger partial charge in [-0.3, -0.25) is 4.90 Å². The molecule has 2 heterocycles. The number of imidazole rings is 1. The number of aromatic nitrogens is 2. The van der Waals surface area contributed by atoms with Crippen molar-refractivity contribution in [1.82, 2.24) is 14.5 Å². The maximum absolute atomic E-state index is 13.5. The van der Waals surface area contributed by atoms with Gasteiger partial charge in [-0.15, -0.1) is 0 Å². The van der Waals surface area contributed by atoms with Gasteiger partial charge in [0.05, 0.1) is 5.02 Å². The Bertz CT molecular complexity index is 633. The third-order valence-corrected chi connectivity index (χ3v) is 4.78. The van der Waals surface area contributed by atoms with E-state index in [0.29, 0.717) is 5.92 Å². The topological polar surface area (TPSA) is 21.1 Å². The van der Waals surface area contributed by atoms with Crippen LogP contribution in [-0.4, -0.2) is 27.5 Å². The van der Waals surface area contributed by atoms with E-state index in [4.69, 9.17) is 11.6 Å². The number of hydrogen-bond donors (Lipinski definition) is 0. The summed E-state index contributed by atoms with van der Waals surface area (Å²) in [7, 11) is 0. The van der Waals surface area contributed by atoms with Crippen molar-refractivity contribution in [2.75, 3.05) is 13.1 Å². The van der Waals surface area contributed by atoms with Crippen molar-refractivity contribution in [2.45, 2.75) is 32.9 Å². The van der Waals surface area contributed by atoms with Gasteiger partial charge in [0.1, 0.15) is 11.6 Å². The molecule has 0 spiro atoms. The van der Waals surface area contributed by atoms with Crippen LogP contribution in [0.25, 0.3) is 0 Å².